The maximum atomic E-state index is 12.0. The molecule has 0 radical (unpaired) electrons. The number of nitrogens with zero attached hydrogens (tertiary/aromatic N) is 2. The van der Waals surface area contributed by atoms with Gasteiger partial charge in [-0.05, 0) is 39.2 Å². The third-order valence-electron chi connectivity index (χ3n) is 3.87. The van der Waals surface area contributed by atoms with Crippen LogP contribution in [0.1, 0.15) is 39.5 Å². The van der Waals surface area contributed by atoms with Gasteiger partial charge >= 0.3 is 0 Å². The molecule has 1 heterocycles. The lowest BCUT2D eigenvalue weighted by molar-refractivity contribution is -0.132. The second kappa shape index (κ2) is 8.15. The number of hydrogen-bond acceptors (Lipinski definition) is 3. The van der Waals surface area contributed by atoms with Crippen LogP contribution in [-0.4, -0.2) is 54.3 Å². The molecule has 0 aromatic heterocycles. The van der Waals surface area contributed by atoms with Gasteiger partial charge in [0.15, 0.2) is 0 Å². The van der Waals surface area contributed by atoms with E-state index in [0.717, 1.165) is 32.6 Å². The third-order valence-corrected chi connectivity index (χ3v) is 3.87. The number of rotatable bonds is 7. The maximum absolute atomic E-state index is 12.0. The fourth-order valence-corrected chi connectivity index (χ4v) is 2.53. The van der Waals surface area contributed by atoms with Crippen molar-refractivity contribution in [1.29, 1.82) is 0 Å². The van der Waals surface area contributed by atoms with E-state index in [1.807, 2.05) is 23.6 Å². The molecule has 2 amide bonds. The van der Waals surface area contributed by atoms with Crippen LogP contribution in [0, 0.1) is 5.92 Å². The minimum absolute atomic E-state index is 0.152. The molecule has 0 aromatic rings. The summed E-state index contributed by atoms with van der Waals surface area (Å²) < 4.78 is 0. The summed E-state index contributed by atoms with van der Waals surface area (Å²) in [5.41, 5.74) is 5.61. The minimum atomic E-state index is 0.152. The Bertz CT molecular complexity index is 303. The Balaban J connectivity index is 2.22. The molecule has 0 aromatic carbocycles. The van der Waals surface area contributed by atoms with Gasteiger partial charge in [0.2, 0.25) is 11.8 Å². The lowest BCUT2D eigenvalue weighted by Crippen LogP contribution is -2.31. The van der Waals surface area contributed by atoms with Gasteiger partial charge < -0.3 is 15.5 Å². The summed E-state index contributed by atoms with van der Waals surface area (Å²) in [5.74, 6) is 0.781. The van der Waals surface area contributed by atoms with Crippen molar-refractivity contribution >= 4 is 11.8 Å². The second-order valence-electron chi connectivity index (χ2n) is 5.15. The molecule has 1 atom stereocenters. The first-order chi connectivity index (χ1) is 9.12. The summed E-state index contributed by atoms with van der Waals surface area (Å²) in [6, 6.07) is 0. The van der Waals surface area contributed by atoms with Crippen LogP contribution in [0.3, 0.4) is 0 Å². The highest BCUT2D eigenvalue weighted by atomic mass is 16.2. The van der Waals surface area contributed by atoms with E-state index in [-0.39, 0.29) is 11.8 Å². The Kier molecular flexibility index (Phi) is 6.84. The average molecular weight is 269 g/mol. The van der Waals surface area contributed by atoms with E-state index in [0.29, 0.717) is 31.7 Å². The molecule has 1 saturated heterocycles. The number of nitrogens with two attached hydrogens (primary N) is 1. The van der Waals surface area contributed by atoms with Crippen molar-refractivity contribution in [2.75, 3.05) is 32.7 Å². The van der Waals surface area contributed by atoms with Crippen LogP contribution in [0.2, 0.25) is 0 Å². The molecule has 0 spiro atoms. The van der Waals surface area contributed by atoms with Crippen LogP contribution >= 0.6 is 0 Å². The van der Waals surface area contributed by atoms with Gasteiger partial charge in [0.05, 0.1) is 0 Å². The molecule has 2 N–H and O–H groups in total. The molecule has 1 unspecified atom stereocenters. The fourth-order valence-electron chi connectivity index (χ4n) is 2.53. The van der Waals surface area contributed by atoms with Crippen molar-refractivity contribution in [3.05, 3.63) is 0 Å². The third kappa shape index (κ3) is 4.82. The van der Waals surface area contributed by atoms with Crippen LogP contribution in [0.15, 0.2) is 0 Å². The molecular formula is C14H27N3O2. The van der Waals surface area contributed by atoms with E-state index in [9.17, 15) is 9.59 Å². The minimum Gasteiger partial charge on any atom is -0.343 e. The molecular weight excluding hydrogens is 242 g/mol. The topological polar surface area (TPSA) is 66.6 Å². The van der Waals surface area contributed by atoms with Crippen molar-refractivity contribution in [2.24, 2.45) is 11.7 Å². The first-order valence-electron chi connectivity index (χ1n) is 7.37. The van der Waals surface area contributed by atoms with Crippen molar-refractivity contribution in [3.63, 3.8) is 0 Å². The highest BCUT2D eigenvalue weighted by Crippen LogP contribution is 2.16. The summed E-state index contributed by atoms with van der Waals surface area (Å²) in [7, 11) is 0. The number of hydrogen-bond donors (Lipinski definition) is 1. The van der Waals surface area contributed by atoms with Gasteiger partial charge in [0.25, 0.3) is 0 Å². The zero-order valence-corrected chi connectivity index (χ0v) is 12.2. The molecule has 110 valence electrons. The van der Waals surface area contributed by atoms with Gasteiger partial charge in [-0.25, -0.2) is 0 Å². The summed E-state index contributed by atoms with van der Waals surface area (Å²) in [6.45, 7) is 7.71. The van der Waals surface area contributed by atoms with Gasteiger partial charge in [0, 0.05) is 39.0 Å². The van der Waals surface area contributed by atoms with Crippen molar-refractivity contribution in [2.45, 2.75) is 39.5 Å². The van der Waals surface area contributed by atoms with Crippen molar-refractivity contribution < 1.29 is 9.59 Å². The number of likely N-dealkylation sites (tertiary alicyclic amines) is 1. The van der Waals surface area contributed by atoms with Gasteiger partial charge in [-0.2, -0.15) is 0 Å². The summed E-state index contributed by atoms with van der Waals surface area (Å²) >= 11 is 0. The highest BCUT2D eigenvalue weighted by Gasteiger charge is 2.24. The fraction of sp³-hybridized carbons (Fsp3) is 0.857. The second-order valence-corrected chi connectivity index (χ2v) is 5.15. The number of carbonyl (C=O) groups excluding carboxylic acids is 2. The van der Waals surface area contributed by atoms with Crippen molar-refractivity contribution in [1.82, 2.24) is 9.80 Å². The standard InChI is InChI=1S/C14H27N3O2/c1-3-16(4-2)13(18)6-5-7-14(19)17-9-8-12(10-15)11-17/h12H,3-11,15H2,1-2H3. The predicted octanol–water partition coefficient (Wildman–Crippen LogP) is 0.832. The van der Waals surface area contributed by atoms with E-state index < -0.39 is 0 Å². The van der Waals surface area contributed by atoms with Crippen LogP contribution in [-0.2, 0) is 9.59 Å². The average Bonchev–Trinajstić information content (AvgIpc) is 2.89. The van der Waals surface area contributed by atoms with E-state index in [4.69, 9.17) is 5.73 Å². The predicted molar refractivity (Wildman–Crippen MR) is 75.5 cm³/mol. The lowest BCUT2D eigenvalue weighted by atomic mass is 10.1. The smallest absolute Gasteiger partial charge is 0.222 e. The van der Waals surface area contributed by atoms with E-state index >= 15 is 0 Å². The van der Waals surface area contributed by atoms with E-state index in [2.05, 4.69) is 0 Å². The largest absolute Gasteiger partial charge is 0.343 e. The molecule has 0 bridgehead atoms. The first-order valence-corrected chi connectivity index (χ1v) is 7.37. The zero-order valence-electron chi connectivity index (χ0n) is 12.2. The molecule has 5 nitrogen and oxygen atoms in total. The van der Waals surface area contributed by atoms with Crippen molar-refractivity contribution in [3.8, 4) is 0 Å². The molecule has 5 heteroatoms. The SMILES string of the molecule is CCN(CC)C(=O)CCCC(=O)N1CCC(CN)C1. The normalized spacial score (nSPS) is 18.7. The highest BCUT2D eigenvalue weighted by molar-refractivity contribution is 5.79. The maximum Gasteiger partial charge on any atom is 0.222 e. The van der Waals surface area contributed by atoms with Crippen LogP contribution in [0.25, 0.3) is 0 Å². The summed E-state index contributed by atoms with van der Waals surface area (Å²) in [4.78, 5) is 27.4. The van der Waals surface area contributed by atoms with E-state index in [1.54, 1.807) is 0 Å². The molecule has 1 aliphatic rings. The number of amides is 2. The summed E-state index contributed by atoms with van der Waals surface area (Å²) in [6.07, 6.45) is 2.62. The monoisotopic (exact) mass is 269 g/mol. The van der Waals surface area contributed by atoms with E-state index in [1.165, 1.54) is 0 Å². The van der Waals surface area contributed by atoms with Gasteiger partial charge in [-0.15, -0.1) is 0 Å². The molecule has 1 aliphatic heterocycles. The van der Waals surface area contributed by atoms with Gasteiger partial charge in [-0.1, -0.05) is 0 Å². The first kappa shape index (κ1) is 16.0. The Labute approximate surface area is 116 Å². The molecule has 0 aliphatic carbocycles. The molecule has 0 saturated carbocycles. The van der Waals surface area contributed by atoms with Crippen LogP contribution < -0.4 is 5.73 Å². The lowest BCUT2D eigenvalue weighted by Gasteiger charge is -2.19. The molecule has 1 fully saturated rings. The number of carbonyl (C=O) groups is 2. The Morgan fingerprint density at radius 2 is 1.95 bits per heavy atom. The summed E-state index contributed by atoms with van der Waals surface area (Å²) in [5, 5.41) is 0. The molecule has 1 rings (SSSR count). The Morgan fingerprint density at radius 1 is 1.26 bits per heavy atom. The Morgan fingerprint density at radius 3 is 2.47 bits per heavy atom. The van der Waals surface area contributed by atoms with Crippen LogP contribution in [0.5, 0.6) is 0 Å². The van der Waals surface area contributed by atoms with Gasteiger partial charge in [0.1, 0.15) is 0 Å². The van der Waals surface area contributed by atoms with Gasteiger partial charge in [-0.3, -0.25) is 9.59 Å². The zero-order chi connectivity index (χ0) is 14.3. The quantitative estimate of drug-likeness (QED) is 0.744. The molecule has 19 heavy (non-hydrogen) atoms. The Hall–Kier alpha value is -1.10. The van der Waals surface area contributed by atoms with Crippen LogP contribution in [0.4, 0.5) is 0 Å².